The maximum atomic E-state index is 13.4. The van der Waals surface area contributed by atoms with Gasteiger partial charge in [0.25, 0.3) is 5.91 Å². The van der Waals surface area contributed by atoms with Crippen LogP contribution in [0.5, 0.6) is 0 Å². The van der Waals surface area contributed by atoms with Gasteiger partial charge >= 0.3 is 0 Å². The summed E-state index contributed by atoms with van der Waals surface area (Å²) in [6, 6.07) is 6.00. The van der Waals surface area contributed by atoms with Crippen LogP contribution in [0.3, 0.4) is 0 Å². The summed E-state index contributed by atoms with van der Waals surface area (Å²) >= 11 is 0. The lowest BCUT2D eigenvalue weighted by atomic mass is 10.2. The molecule has 0 aliphatic carbocycles. The molecular formula is C15H19FN4O. The van der Waals surface area contributed by atoms with Gasteiger partial charge in [0, 0.05) is 25.0 Å². The topological polar surface area (TPSA) is 64.2 Å². The molecule has 0 radical (unpaired) electrons. The summed E-state index contributed by atoms with van der Waals surface area (Å²) in [7, 11) is 1.78. The minimum absolute atomic E-state index is 0.195. The number of nitrogens with two attached hydrogens (primary N) is 1. The Morgan fingerprint density at radius 2 is 2.24 bits per heavy atom. The maximum Gasteiger partial charge on any atom is 0.261 e. The average molecular weight is 290 g/mol. The Bertz CT molecular complexity index is 638. The zero-order valence-corrected chi connectivity index (χ0v) is 12.2. The second-order valence-electron chi connectivity index (χ2n) is 4.85. The van der Waals surface area contributed by atoms with Gasteiger partial charge in [0.05, 0.1) is 11.8 Å². The van der Waals surface area contributed by atoms with Crippen molar-refractivity contribution in [1.29, 1.82) is 0 Å². The van der Waals surface area contributed by atoms with Crippen LogP contribution < -0.4 is 10.6 Å². The number of rotatable bonds is 5. The van der Waals surface area contributed by atoms with E-state index in [0.29, 0.717) is 30.8 Å². The molecule has 0 aliphatic rings. The van der Waals surface area contributed by atoms with Crippen molar-refractivity contribution >= 4 is 11.6 Å². The quantitative estimate of drug-likeness (QED) is 0.914. The molecule has 2 rings (SSSR count). The summed E-state index contributed by atoms with van der Waals surface area (Å²) in [5.41, 5.74) is 7.34. The van der Waals surface area contributed by atoms with E-state index in [4.69, 9.17) is 5.73 Å². The number of amides is 1. The Balaban J connectivity index is 2.36. The van der Waals surface area contributed by atoms with Gasteiger partial charge in [-0.2, -0.15) is 5.10 Å². The second-order valence-corrected chi connectivity index (χ2v) is 4.85. The number of halogens is 1. The number of carbonyl (C=O) groups is 1. The van der Waals surface area contributed by atoms with Crippen molar-refractivity contribution < 1.29 is 9.18 Å². The third kappa shape index (κ3) is 3.28. The van der Waals surface area contributed by atoms with Crippen LogP contribution in [0.4, 0.5) is 10.1 Å². The van der Waals surface area contributed by atoms with Crippen LogP contribution in [0, 0.1) is 12.7 Å². The second kappa shape index (κ2) is 6.49. The number of hydrogen-bond acceptors (Lipinski definition) is 3. The van der Waals surface area contributed by atoms with E-state index in [1.54, 1.807) is 28.8 Å². The molecule has 0 atom stereocenters. The van der Waals surface area contributed by atoms with Gasteiger partial charge in [-0.15, -0.1) is 0 Å². The standard InChI is InChI=1S/C15H19FN4O/c1-11-14(10-18-19(11)2)15(21)20(8-4-7-17)13-6-3-5-12(16)9-13/h3,5-6,9-10H,4,7-8,17H2,1-2H3. The summed E-state index contributed by atoms with van der Waals surface area (Å²) in [4.78, 5) is 14.2. The lowest BCUT2D eigenvalue weighted by Crippen LogP contribution is -2.33. The predicted octanol–water partition coefficient (Wildman–Crippen LogP) is 1.86. The molecule has 2 aromatic rings. The van der Waals surface area contributed by atoms with Gasteiger partial charge in [-0.1, -0.05) is 6.07 Å². The van der Waals surface area contributed by atoms with E-state index >= 15 is 0 Å². The minimum atomic E-state index is -0.374. The molecule has 1 amide bonds. The van der Waals surface area contributed by atoms with Crippen molar-refractivity contribution in [1.82, 2.24) is 9.78 Å². The zero-order chi connectivity index (χ0) is 15.4. The van der Waals surface area contributed by atoms with E-state index in [1.165, 1.54) is 18.3 Å². The smallest absolute Gasteiger partial charge is 0.261 e. The molecule has 0 spiro atoms. The van der Waals surface area contributed by atoms with E-state index in [2.05, 4.69) is 5.10 Å². The highest BCUT2D eigenvalue weighted by atomic mass is 19.1. The number of nitrogens with zero attached hydrogens (tertiary/aromatic N) is 3. The fourth-order valence-corrected chi connectivity index (χ4v) is 2.10. The molecule has 0 unspecified atom stereocenters. The molecule has 2 N–H and O–H groups in total. The Morgan fingerprint density at radius 1 is 1.48 bits per heavy atom. The largest absolute Gasteiger partial charge is 0.330 e. The normalized spacial score (nSPS) is 10.7. The highest BCUT2D eigenvalue weighted by Gasteiger charge is 2.21. The van der Waals surface area contributed by atoms with Crippen molar-refractivity contribution in [3.63, 3.8) is 0 Å². The lowest BCUT2D eigenvalue weighted by molar-refractivity contribution is 0.0986. The molecule has 0 bridgehead atoms. The third-order valence-corrected chi connectivity index (χ3v) is 3.42. The number of aryl methyl sites for hydroxylation is 1. The number of hydrogen-bond donors (Lipinski definition) is 1. The summed E-state index contributed by atoms with van der Waals surface area (Å²) in [5, 5.41) is 4.08. The Labute approximate surface area is 123 Å². The van der Waals surface area contributed by atoms with E-state index < -0.39 is 0 Å². The van der Waals surface area contributed by atoms with Crippen LogP contribution in [0.2, 0.25) is 0 Å². The molecule has 0 aliphatic heterocycles. The van der Waals surface area contributed by atoms with Gasteiger partial charge in [0.1, 0.15) is 5.82 Å². The molecule has 1 aromatic carbocycles. The number of aromatic nitrogens is 2. The average Bonchev–Trinajstić information content (AvgIpc) is 2.79. The van der Waals surface area contributed by atoms with E-state index in [0.717, 1.165) is 5.69 Å². The van der Waals surface area contributed by atoms with Gasteiger partial charge in [-0.25, -0.2) is 4.39 Å². The highest BCUT2D eigenvalue weighted by molar-refractivity contribution is 6.06. The Hall–Kier alpha value is -2.21. The SMILES string of the molecule is Cc1c(C(=O)N(CCCN)c2cccc(F)c2)cnn1C. The molecule has 6 heteroatoms. The van der Waals surface area contributed by atoms with Crippen molar-refractivity contribution in [3.05, 3.63) is 47.5 Å². The van der Waals surface area contributed by atoms with Gasteiger partial charge in [-0.3, -0.25) is 9.48 Å². The van der Waals surface area contributed by atoms with Gasteiger partial charge in [0.2, 0.25) is 0 Å². The first-order valence-electron chi connectivity index (χ1n) is 6.80. The molecule has 1 aromatic heterocycles. The molecule has 0 saturated heterocycles. The van der Waals surface area contributed by atoms with E-state index in [-0.39, 0.29) is 11.7 Å². The predicted molar refractivity (Wildman–Crippen MR) is 79.7 cm³/mol. The molecule has 112 valence electrons. The highest BCUT2D eigenvalue weighted by Crippen LogP contribution is 2.20. The van der Waals surface area contributed by atoms with E-state index in [9.17, 15) is 9.18 Å². The number of anilines is 1. The van der Waals surface area contributed by atoms with Crippen molar-refractivity contribution in [2.45, 2.75) is 13.3 Å². The molecular weight excluding hydrogens is 271 g/mol. The first-order chi connectivity index (χ1) is 10.0. The summed E-state index contributed by atoms with van der Waals surface area (Å²) < 4.78 is 15.1. The molecule has 21 heavy (non-hydrogen) atoms. The monoisotopic (exact) mass is 290 g/mol. The summed E-state index contributed by atoms with van der Waals surface area (Å²) in [5.74, 6) is -0.569. The first kappa shape index (κ1) is 15.2. The third-order valence-electron chi connectivity index (χ3n) is 3.42. The number of carbonyl (C=O) groups excluding carboxylic acids is 1. The lowest BCUT2D eigenvalue weighted by Gasteiger charge is -2.22. The van der Waals surface area contributed by atoms with Crippen molar-refractivity contribution in [3.8, 4) is 0 Å². The van der Waals surface area contributed by atoms with Gasteiger partial charge in [-0.05, 0) is 38.1 Å². The van der Waals surface area contributed by atoms with Crippen LogP contribution in [0.1, 0.15) is 22.5 Å². The van der Waals surface area contributed by atoms with Crippen LogP contribution in [-0.4, -0.2) is 28.8 Å². The Morgan fingerprint density at radius 3 is 2.81 bits per heavy atom. The summed E-state index contributed by atoms with van der Waals surface area (Å²) in [6.45, 7) is 2.73. The number of benzene rings is 1. The minimum Gasteiger partial charge on any atom is -0.330 e. The summed E-state index contributed by atoms with van der Waals surface area (Å²) in [6.07, 6.45) is 2.17. The molecule has 1 heterocycles. The fraction of sp³-hybridized carbons (Fsp3) is 0.333. The van der Waals surface area contributed by atoms with Crippen molar-refractivity contribution in [2.75, 3.05) is 18.0 Å². The fourth-order valence-electron chi connectivity index (χ4n) is 2.10. The zero-order valence-electron chi connectivity index (χ0n) is 12.2. The van der Waals surface area contributed by atoms with Crippen LogP contribution >= 0.6 is 0 Å². The maximum absolute atomic E-state index is 13.4. The van der Waals surface area contributed by atoms with Crippen molar-refractivity contribution in [2.24, 2.45) is 12.8 Å². The van der Waals surface area contributed by atoms with E-state index in [1.807, 2.05) is 6.92 Å². The van der Waals surface area contributed by atoms with Crippen LogP contribution in [0.15, 0.2) is 30.5 Å². The molecule has 5 nitrogen and oxygen atoms in total. The van der Waals surface area contributed by atoms with Crippen LogP contribution in [0.25, 0.3) is 0 Å². The molecule has 0 fully saturated rings. The van der Waals surface area contributed by atoms with Crippen LogP contribution in [-0.2, 0) is 7.05 Å². The molecule has 0 saturated carbocycles. The van der Waals surface area contributed by atoms with Gasteiger partial charge < -0.3 is 10.6 Å². The first-order valence-corrected chi connectivity index (χ1v) is 6.80. The van der Waals surface area contributed by atoms with Gasteiger partial charge in [0.15, 0.2) is 0 Å². The Kier molecular flexibility index (Phi) is 4.70.